The highest BCUT2D eigenvalue weighted by atomic mass is 79.9. The van der Waals surface area contributed by atoms with Gasteiger partial charge in [-0.1, -0.05) is 70.5 Å². The van der Waals surface area contributed by atoms with Crippen molar-refractivity contribution in [2.45, 2.75) is 4.83 Å². The van der Waals surface area contributed by atoms with E-state index in [-0.39, 0.29) is 4.83 Å². The summed E-state index contributed by atoms with van der Waals surface area (Å²) in [5, 5.41) is 0. The predicted octanol–water partition coefficient (Wildman–Crippen LogP) is 5.40. The second-order valence-corrected chi connectivity index (χ2v) is 5.75. The Hall–Kier alpha value is -0.860. The summed E-state index contributed by atoms with van der Waals surface area (Å²) in [5.41, 5.74) is 5.19. The van der Waals surface area contributed by atoms with Gasteiger partial charge in [0.2, 0.25) is 0 Å². The lowest BCUT2D eigenvalue weighted by Crippen LogP contribution is -1.89. The molecule has 1 aliphatic rings. The summed E-state index contributed by atoms with van der Waals surface area (Å²) in [6.45, 7) is 0. The summed E-state index contributed by atoms with van der Waals surface area (Å²) in [4.78, 5) is 0.274. The Labute approximate surface area is 118 Å². The third kappa shape index (κ3) is 1.80. The molecule has 0 saturated heterocycles. The van der Waals surface area contributed by atoms with Gasteiger partial charge in [-0.25, -0.2) is 0 Å². The summed E-state index contributed by atoms with van der Waals surface area (Å²) < 4.78 is 1.20. The van der Waals surface area contributed by atoms with Gasteiger partial charge in [0.25, 0.3) is 0 Å². The van der Waals surface area contributed by atoms with E-state index in [0.29, 0.717) is 0 Å². The standard InChI is InChI=1S/C15H10Br2/c16-14-11-8-4-5-9-12(11)15(17)13(14)10-6-2-1-3-7-10/h1-9,14H/t14-/m1/s1. The fraction of sp³-hybridized carbons (Fsp3) is 0.0667. The van der Waals surface area contributed by atoms with Crippen LogP contribution in [0.2, 0.25) is 0 Å². The molecule has 0 unspecified atom stereocenters. The van der Waals surface area contributed by atoms with Crippen molar-refractivity contribution in [1.82, 2.24) is 0 Å². The maximum atomic E-state index is 3.79. The van der Waals surface area contributed by atoms with Crippen LogP contribution in [-0.2, 0) is 0 Å². The van der Waals surface area contributed by atoms with Crippen molar-refractivity contribution >= 4 is 41.9 Å². The van der Waals surface area contributed by atoms with Crippen molar-refractivity contribution in [3.63, 3.8) is 0 Å². The summed E-state index contributed by atoms with van der Waals surface area (Å²) in [5.74, 6) is 0. The predicted molar refractivity (Wildman–Crippen MR) is 80.3 cm³/mol. The first-order valence-electron chi connectivity index (χ1n) is 5.47. The van der Waals surface area contributed by atoms with E-state index < -0.39 is 0 Å². The monoisotopic (exact) mass is 348 g/mol. The first-order chi connectivity index (χ1) is 8.29. The molecule has 0 nitrogen and oxygen atoms in total. The number of allylic oxidation sites excluding steroid dienone is 1. The van der Waals surface area contributed by atoms with Crippen LogP contribution in [0.4, 0.5) is 0 Å². The average molecular weight is 350 g/mol. The summed E-state index contributed by atoms with van der Waals surface area (Å²) in [6, 6.07) is 19.0. The lowest BCUT2D eigenvalue weighted by Gasteiger charge is -2.09. The minimum absolute atomic E-state index is 0.274. The first kappa shape index (κ1) is 11.2. The number of hydrogen-bond acceptors (Lipinski definition) is 0. The zero-order valence-electron chi connectivity index (χ0n) is 9.03. The van der Waals surface area contributed by atoms with Gasteiger partial charge in [-0.05, 0) is 38.2 Å². The Bertz CT molecular complexity index is 585. The molecule has 1 atom stereocenters. The van der Waals surface area contributed by atoms with E-state index in [2.05, 4.69) is 80.4 Å². The van der Waals surface area contributed by atoms with Crippen LogP contribution in [0.15, 0.2) is 54.6 Å². The van der Waals surface area contributed by atoms with Crippen molar-refractivity contribution in [2.75, 3.05) is 0 Å². The zero-order chi connectivity index (χ0) is 11.8. The second kappa shape index (κ2) is 4.43. The highest BCUT2D eigenvalue weighted by Gasteiger charge is 2.28. The van der Waals surface area contributed by atoms with Gasteiger partial charge in [-0.3, -0.25) is 0 Å². The van der Waals surface area contributed by atoms with Crippen LogP contribution in [0.5, 0.6) is 0 Å². The molecule has 1 aliphatic carbocycles. The zero-order valence-corrected chi connectivity index (χ0v) is 12.2. The van der Waals surface area contributed by atoms with Crippen molar-refractivity contribution in [1.29, 1.82) is 0 Å². The molecule has 0 bridgehead atoms. The molecular weight excluding hydrogens is 340 g/mol. The van der Waals surface area contributed by atoms with Gasteiger partial charge in [-0.2, -0.15) is 0 Å². The van der Waals surface area contributed by atoms with Gasteiger partial charge in [0, 0.05) is 4.48 Å². The molecule has 2 heteroatoms. The molecule has 3 rings (SSSR count). The summed E-state index contributed by atoms with van der Waals surface area (Å²) >= 11 is 7.52. The van der Waals surface area contributed by atoms with E-state index in [1.54, 1.807) is 0 Å². The topological polar surface area (TPSA) is 0 Å². The molecule has 17 heavy (non-hydrogen) atoms. The Morgan fingerprint density at radius 1 is 0.824 bits per heavy atom. The SMILES string of the molecule is BrC1=C(c2ccccc2)[C@H](Br)c2ccccc21. The Kier molecular flexibility index (Phi) is 2.93. The first-order valence-corrected chi connectivity index (χ1v) is 7.18. The van der Waals surface area contributed by atoms with E-state index in [4.69, 9.17) is 0 Å². The fourth-order valence-electron chi connectivity index (χ4n) is 2.22. The van der Waals surface area contributed by atoms with E-state index >= 15 is 0 Å². The van der Waals surface area contributed by atoms with Gasteiger partial charge in [0.05, 0.1) is 4.83 Å². The minimum atomic E-state index is 0.274. The number of alkyl halides is 1. The van der Waals surface area contributed by atoms with E-state index in [9.17, 15) is 0 Å². The lowest BCUT2D eigenvalue weighted by atomic mass is 10.0. The molecule has 2 aromatic rings. The smallest absolute Gasteiger partial charge is 0.0667 e. The number of halogens is 2. The molecule has 0 aromatic heterocycles. The number of hydrogen-bond donors (Lipinski definition) is 0. The minimum Gasteiger partial charge on any atom is -0.0786 e. The molecule has 0 heterocycles. The fourth-order valence-corrected chi connectivity index (χ4v) is 4.24. The van der Waals surface area contributed by atoms with Crippen LogP contribution in [0.1, 0.15) is 21.5 Å². The molecule has 0 fully saturated rings. The second-order valence-electron chi connectivity index (χ2n) is 4.04. The normalized spacial score (nSPS) is 18.4. The molecule has 0 spiro atoms. The van der Waals surface area contributed by atoms with Gasteiger partial charge < -0.3 is 0 Å². The number of benzene rings is 2. The van der Waals surface area contributed by atoms with Crippen LogP contribution >= 0.6 is 31.9 Å². The largest absolute Gasteiger partial charge is 0.0786 e. The van der Waals surface area contributed by atoms with Crippen LogP contribution in [0.3, 0.4) is 0 Å². The maximum Gasteiger partial charge on any atom is 0.0667 e. The highest BCUT2D eigenvalue weighted by Crippen LogP contribution is 2.52. The summed E-state index contributed by atoms with van der Waals surface area (Å²) in [7, 11) is 0. The Balaban J connectivity index is 2.18. The Morgan fingerprint density at radius 3 is 2.18 bits per heavy atom. The molecule has 84 valence electrons. The molecule has 0 aliphatic heterocycles. The van der Waals surface area contributed by atoms with Crippen molar-refractivity contribution in [3.05, 3.63) is 71.3 Å². The third-order valence-corrected chi connectivity index (χ3v) is 4.85. The van der Waals surface area contributed by atoms with Gasteiger partial charge in [0.15, 0.2) is 0 Å². The number of rotatable bonds is 1. The highest BCUT2D eigenvalue weighted by molar-refractivity contribution is 9.15. The molecule has 2 aromatic carbocycles. The lowest BCUT2D eigenvalue weighted by molar-refractivity contribution is 1.30. The molecule has 0 amide bonds. The van der Waals surface area contributed by atoms with Crippen molar-refractivity contribution in [3.8, 4) is 0 Å². The van der Waals surface area contributed by atoms with Crippen molar-refractivity contribution in [2.24, 2.45) is 0 Å². The van der Waals surface area contributed by atoms with E-state index in [1.807, 2.05) is 6.07 Å². The molecular formula is C15H10Br2. The van der Waals surface area contributed by atoms with Crippen LogP contribution in [0, 0.1) is 0 Å². The number of fused-ring (bicyclic) bond motifs is 1. The molecule has 0 saturated carbocycles. The quantitative estimate of drug-likeness (QED) is 0.604. The molecule has 0 radical (unpaired) electrons. The maximum absolute atomic E-state index is 3.79. The molecule has 0 N–H and O–H groups in total. The van der Waals surface area contributed by atoms with Gasteiger partial charge >= 0.3 is 0 Å². The van der Waals surface area contributed by atoms with E-state index in [1.165, 1.54) is 26.7 Å². The Morgan fingerprint density at radius 2 is 1.47 bits per heavy atom. The van der Waals surface area contributed by atoms with E-state index in [0.717, 1.165) is 0 Å². The average Bonchev–Trinajstić information content (AvgIpc) is 2.64. The van der Waals surface area contributed by atoms with Crippen LogP contribution in [-0.4, -0.2) is 0 Å². The van der Waals surface area contributed by atoms with Crippen LogP contribution < -0.4 is 0 Å². The summed E-state index contributed by atoms with van der Waals surface area (Å²) in [6.07, 6.45) is 0. The van der Waals surface area contributed by atoms with Gasteiger partial charge in [0.1, 0.15) is 0 Å². The third-order valence-electron chi connectivity index (χ3n) is 3.05. The van der Waals surface area contributed by atoms with Crippen molar-refractivity contribution < 1.29 is 0 Å². The van der Waals surface area contributed by atoms with Crippen LogP contribution in [0.25, 0.3) is 10.1 Å². The van der Waals surface area contributed by atoms with Gasteiger partial charge in [-0.15, -0.1) is 0 Å².